The molecular weight excluding hydrogens is 1130 g/mol. The Bertz CT molecular complexity index is 2170. The highest BCUT2D eigenvalue weighted by Gasteiger charge is 2.27. The van der Waals surface area contributed by atoms with Gasteiger partial charge in [-0.1, -0.05) is 292 Å². The van der Waals surface area contributed by atoms with Crippen molar-refractivity contribution in [1.29, 1.82) is 0 Å². The molecule has 0 saturated heterocycles. The molecule has 2 atom stereocenters. The van der Waals surface area contributed by atoms with Crippen LogP contribution in [0.25, 0.3) is 0 Å². The summed E-state index contributed by atoms with van der Waals surface area (Å²) in [5, 5.41) is 0. The van der Waals surface area contributed by atoms with Gasteiger partial charge in [0.25, 0.3) is 0 Å². The smallest absolute Gasteiger partial charge is 0.462 e. The van der Waals surface area contributed by atoms with Crippen LogP contribution >= 0.6 is 7.82 Å². The molecule has 90 heavy (non-hydrogen) atoms. The summed E-state index contributed by atoms with van der Waals surface area (Å²) in [6.07, 6.45) is 106. The summed E-state index contributed by atoms with van der Waals surface area (Å²) in [5.41, 5.74) is 0. The summed E-state index contributed by atoms with van der Waals surface area (Å²) in [5.74, 6) is -0.824. The Labute approximate surface area is 552 Å². The topological polar surface area (TPSA) is 108 Å². The minimum Gasteiger partial charge on any atom is -0.462 e. The summed E-state index contributed by atoms with van der Waals surface area (Å²) < 4.78 is 34.7. The number of nitrogens with zero attached hydrogens (tertiary/aromatic N) is 1. The highest BCUT2D eigenvalue weighted by Crippen LogP contribution is 2.43. The number of allylic oxidation sites excluding steroid dienone is 30. The van der Waals surface area contributed by atoms with Gasteiger partial charge < -0.3 is 18.9 Å². The van der Waals surface area contributed by atoms with E-state index < -0.39 is 26.5 Å². The first-order chi connectivity index (χ1) is 44.0. The lowest BCUT2D eigenvalue weighted by Crippen LogP contribution is -2.37. The molecule has 0 amide bonds. The number of carbonyl (C=O) groups is 2. The Hall–Kier alpha value is -4.89. The van der Waals surface area contributed by atoms with E-state index in [-0.39, 0.29) is 32.0 Å². The molecule has 1 N–H and O–H groups in total. The van der Waals surface area contributed by atoms with Crippen molar-refractivity contribution in [2.45, 2.75) is 264 Å². The highest BCUT2D eigenvalue weighted by molar-refractivity contribution is 7.47. The Morgan fingerprint density at radius 3 is 0.889 bits per heavy atom. The summed E-state index contributed by atoms with van der Waals surface area (Å²) >= 11 is 0. The number of rotatable bonds is 63. The van der Waals surface area contributed by atoms with Gasteiger partial charge in [0.2, 0.25) is 0 Å². The first kappa shape index (κ1) is 85.1. The second-order valence-corrected chi connectivity index (χ2v) is 25.6. The number of carbonyl (C=O) groups excluding carboxylic acids is 2. The van der Waals surface area contributed by atoms with Crippen LogP contribution in [0.3, 0.4) is 0 Å². The molecule has 10 heteroatoms. The predicted molar refractivity (Wildman–Crippen MR) is 389 cm³/mol. The summed E-state index contributed by atoms with van der Waals surface area (Å²) in [7, 11) is 1.45. The van der Waals surface area contributed by atoms with E-state index in [0.29, 0.717) is 23.9 Å². The van der Waals surface area contributed by atoms with Crippen molar-refractivity contribution in [2.75, 3.05) is 47.5 Å². The predicted octanol–water partition coefficient (Wildman–Crippen LogP) is 23.5. The van der Waals surface area contributed by atoms with E-state index in [1.165, 1.54) is 64.2 Å². The normalized spacial score (nSPS) is 14.2. The second-order valence-electron chi connectivity index (χ2n) is 24.2. The van der Waals surface area contributed by atoms with Crippen molar-refractivity contribution in [1.82, 2.24) is 0 Å². The quantitative estimate of drug-likeness (QED) is 0.0211. The molecule has 0 aliphatic heterocycles. The maximum Gasteiger partial charge on any atom is 0.472 e. The van der Waals surface area contributed by atoms with Crippen LogP contribution in [0.1, 0.15) is 258 Å². The third-order valence-electron chi connectivity index (χ3n) is 14.4. The molecule has 2 unspecified atom stereocenters. The lowest BCUT2D eigenvalue weighted by molar-refractivity contribution is -0.870. The Morgan fingerprint density at radius 2 is 0.600 bits per heavy atom. The molecule has 0 aliphatic carbocycles. The van der Waals surface area contributed by atoms with E-state index in [0.717, 1.165) is 154 Å². The Kier molecular flexibility index (Phi) is 64.8. The first-order valence-electron chi connectivity index (χ1n) is 35.5. The SMILES string of the molecule is CC/C=C\C/C=C\C/C=C\C/C=C\C/C=C\C/C=C\C/C=C\C/C=C\C/C=C\CCCCCCCCCCCCCCCC(=O)OC(COC(=O)CCCCCCCC/C=C\C/C=C\C/C=C\C/C=C\C/C=C\C/C=C\CC)COP(=O)(O)OCC[N+](C)(C)C. The van der Waals surface area contributed by atoms with Crippen LogP contribution in [0.4, 0.5) is 0 Å². The molecule has 0 aliphatic rings. The van der Waals surface area contributed by atoms with Crippen LogP contribution in [0.15, 0.2) is 182 Å². The summed E-state index contributed by atoms with van der Waals surface area (Å²) in [6, 6.07) is 0. The molecule has 0 radical (unpaired) electrons. The fraction of sp³-hybridized carbons (Fsp3) is 0.600. The number of quaternary nitrogens is 1. The number of likely N-dealkylation sites (N-methyl/N-ethyl adjacent to an activating group) is 1. The summed E-state index contributed by atoms with van der Waals surface area (Å²) in [4.78, 5) is 35.9. The van der Waals surface area contributed by atoms with Crippen LogP contribution in [0, 0.1) is 0 Å². The third kappa shape index (κ3) is 72.2. The van der Waals surface area contributed by atoms with Crippen LogP contribution in [-0.2, 0) is 32.7 Å². The molecular formula is C80H131NO8P+. The minimum absolute atomic E-state index is 0.0200. The van der Waals surface area contributed by atoms with Crippen molar-refractivity contribution >= 4 is 19.8 Å². The van der Waals surface area contributed by atoms with Crippen LogP contribution in [-0.4, -0.2) is 74.9 Å². The van der Waals surface area contributed by atoms with Crippen molar-refractivity contribution < 1.29 is 42.1 Å². The number of phosphoric ester groups is 1. The van der Waals surface area contributed by atoms with E-state index in [1.807, 2.05) is 21.1 Å². The van der Waals surface area contributed by atoms with Crippen LogP contribution in [0.5, 0.6) is 0 Å². The van der Waals surface area contributed by atoms with Crippen LogP contribution < -0.4 is 0 Å². The van der Waals surface area contributed by atoms with Crippen molar-refractivity contribution in [2.24, 2.45) is 0 Å². The standard InChI is InChI=1S/C80H130NO8P/c1-6-8-10-12-14-16-18-20-22-24-26-28-30-32-33-34-35-36-37-38-39-40-41-42-43-44-45-46-47-49-51-53-55-57-59-61-63-65-67-69-71-73-80(83)89-78(77-88-90(84,85)87-75-74-81(3,4)5)76-86-79(82)72-70-68-66-64-62-60-58-56-54-52-50-48-31-29-27-25-23-21-19-17-15-13-11-9-7-2/h8-11,14-17,20-23,26-29,32-33,35-36,38-39,41-42,44-45,48,50,54,56,78H,6-7,12-13,18-19,24-25,30-31,34,37,40,43,46-47,49,51-53,55,57-77H2,1-5H3/p+1/b10-8-,11-9-,16-14-,17-15-,22-20-,23-21-,28-26-,29-27-,33-32-,36-35-,39-38-,42-41-,45-44-,50-48-,56-54-. The van der Waals surface area contributed by atoms with Gasteiger partial charge in [-0.3, -0.25) is 18.6 Å². The largest absolute Gasteiger partial charge is 0.472 e. The van der Waals surface area contributed by atoms with E-state index in [2.05, 4.69) is 196 Å². The minimum atomic E-state index is -4.41. The van der Waals surface area contributed by atoms with Crippen molar-refractivity contribution in [3.8, 4) is 0 Å². The van der Waals surface area contributed by atoms with Gasteiger partial charge in [0.15, 0.2) is 6.10 Å². The van der Waals surface area contributed by atoms with E-state index >= 15 is 0 Å². The third-order valence-corrected chi connectivity index (χ3v) is 15.4. The van der Waals surface area contributed by atoms with Gasteiger partial charge in [0.1, 0.15) is 19.8 Å². The lowest BCUT2D eigenvalue weighted by atomic mass is 10.0. The molecule has 0 heterocycles. The number of hydrogen-bond acceptors (Lipinski definition) is 7. The highest BCUT2D eigenvalue weighted by atomic mass is 31.2. The molecule has 0 fully saturated rings. The molecule has 0 spiro atoms. The van der Waals surface area contributed by atoms with E-state index in [4.69, 9.17) is 18.5 Å². The van der Waals surface area contributed by atoms with Gasteiger partial charge in [-0.2, -0.15) is 0 Å². The monoisotopic (exact) mass is 1260 g/mol. The Balaban J connectivity index is 4.10. The molecule has 0 aromatic rings. The zero-order chi connectivity index (χ0) is 65.5. The van der Waals surface area contributed by atoms with Crippen molar-refractivity contribution in [3.05, 3.63) is 182 Å². The molecule has 0 aromatic heterocycles. The van der Waals surface area contributed by atoms with E-state index in [9.17, 15) is 19.0 Å². The fourth-order valence-corrected chi connectivity index (χ4v) is 9.81. The van der Waals surface area contributed by atoms with Gasteiger partial charge in [0, 0.05) is 12.8 Å². The van der Waals surface area contributed by atoms with Gasteiger partial charge in [0.05, 0.1) is 27.7 Å². The van der Waals surface area contributed by atoms with Gasteiger partial charge in [-0.05, 0) is 135 Å². The number of hydrogen-bond donors (Lipinski definition) is 1. The lowest BCUT2D eigenvalue weighted by Gasteiger charge is -2.24. The zero-order valence-corrected chi connectivity index (χ0v) is 58.7. The van der Waals surface area contributed by atoms with Gasteiger partial charge >= 0.3 is 19.8 Å². The number of unbranched alkanes of at least 4 members (excludes halogenated alkanes) is 19. The maximum absolute atomic E-state index is 12.9. The maximum atomic E-state index is 12.9. The summed E-state index contributed by atoms with van der Waals surface area (Å²) in [6.45, 7) is 4.17. The number of phosphoric acid groups is 1. The number of esters is 2. The molecule has 0 saturated carbocycles. The molecule has 0 aromatic carbocycles. The fourth-order valence-electron chi connectivity index (χ4n) is 9.07. The molecule has 9 nitrogen and oxygen atoms in total. The van der Waals surface area contributed by atoms with Crippen molar-refractivity contribution in [3.63, 3.8) is 0 Å². The molecule has 508 valence electrons. The number of ether oxygens (including phenoxy) is 2. The molecule has 0 rings (SSSR count). The Morgan fingerprint density at radius 1 is 0.344 bits per heavy atom. The van der Waals surface area contributed by atoms with Crippen LogP contribution in [0.2, 0.25) is 0 Å². The van der Waals surface area contributed by atoms with E-state index in [1.54, 1.807) is 0 Å². The average Bonchev–Trinajstić information content (AvgIpc) is 3.62. The zero-order valence-electron chi connectivity index (χ0n) is 57.8. The second kappa shape index (κ2) is 68.5. The van der Waals surface area contributed by atoms with Gasteiger partial charge in [-0.15, -0.1) is 0 Å². The molecule has 0 bridgehead atoms. The van der Waals surface area contributed by atoms with Gasteiger partial charge in [-0.25, -0.2) is 4.57 Å². The average molecular weight is 1270 g/mol. The first-order valence-corrected chi connectivity index (χ1v) is 37.0.